The van der Waals surface area contributed by atoms with Crippen molar-refractivity contribution in [1.29, 1.82) is 0 Å². The van der Waals surface area contributed by atoms with Crippen LogP contribution >= 0.6 is 21.6 Å². The van der Waals surface area contributed by atoms with E-state index in [9.17, 15) is 0 Å². The zero-order chi connectivity index (χ0) is 13.1. The lowest BCUT2D eigenvalue weighted by Gasteiger charge is -1.99. The average molecular weight is 283 g/mol. The molecule has 0 saturated carbocycles. The van der Waals surface area contributed by atoms with Crippen LogP contribution in [0.4, 0.5) is 0 Å². The van der Waals surface area contributed by atoms with Crippen molar-refractivity contribution in [2.24, 2.45) is 0 Å². The van der Waals surface area contributed by atoms with Gasteiger partial charge in [-0.15, -0.1) is 0 Å². The van der Waals surface area contributed by atoms with Gasteiger partial charge in [0.25, 0.3) is 0 Å². The maximum atomic E-state index is 4.32. The van der Waals surface area contributed by atoms with E-state index >= 15 is 0 Å². The summed E-state index contributed by atoms with van der Waals surface area (Å²) in [5, 5.41) is 0. The number of pyridine rings is 1. The molecule has 0 radical (unpaired) electrons. The molecule has 0 N–H and O–H groups in total. The Labute approximate surface area is 121 Å². The molecule has 3 heteroatoms. The van der Waals surface area contributed by atoms with Crippen LogP contribution in [0.25, 0.3) is 11.0 Å². The first-order chi connectivity index (χ1) is 9.31. The van der Waals surface area contributed by atoms with Crippen LogP contribution < -0.4 is 0 Å². The maximum Gasteiger partial charge on any atom is 0.0641 e. The fourth-order valence-electron chi connectivity index (χ4n) is 1.79. The fraction of sp³-hybridized carbons (Fsp3) is 0.0625. The summed E-state index contributed by atoms with van der Waals surface area (Å²) in [5.74, 6) is 0. The molecule has 94 valence electrons. The van der Waals surface area contributed by atoms with E-state index in [0.29, 0.717) is 0 Å². The van der Waals surface area contributed by atoms with Crippen LogP contribution in [0, 0.1) is 6.92 Å². The van der Waals surface area contributed by atoms with Gasteiger partial charge in [-0.25, -0.2) is 0 Å². The third-order valence-electron chi connectivity index (χ3n) is 2.82. The Bertz CT molecular complexity index is 628. The SMILES string of the molecule is Cc1ccc(C2=C/C(=C/c3ccccn3)SS2)cc1. The zero-order valence-corrected chi connectivity index (χ0v) is 12.2. The van der Waals surface area contributed by atoms with Gasteiger partial charge in [-0.3, -0.25) is 4.98 Å². The highest BCUT2D eigenvalue weighted by Gasteiger charge is 2.13. The highest BCUT2D eigenvalue weighted by molar-refractivity contribution is 8.82. The van der Waals surface area contributed by atoms with Gasteiger partial charge in [-0.05, 0) is 36.8 Å². The number of rotatable bonds is 2. The highest BCUT2D eigenvalue weighted by Crippen LogP contribution is 2.49. The van der Waals surface area contributed by atoms with Crippen LogP contribution in [-0.2, 0) is 0 Å². The Morgan fingerprint density at radius 1 is 1.00 bits per heavy atom. The number of benzene rings is 1. The van der Waals surface area contributed by atoms with Gasteiger partial charge in [-0.2, -0.15) is 0 Å². The van der Waals surface area contributed by atoms with E-state index in [0.717, 1.165) is 5.69 Å². The minimum atomic E-state index is 1.01. The lowest BCUT2D eigenvalue weighted by atomic mass is 10.1. The second kappa shape index (κ2) is 5.68. The number of hydrogen-bond donors (Lipinski definition) is 0. The van der Waals surface area contributed by atoms with Crippen LogP contribution in [0.2, 0.25) is 0 Å². The summed E-state index contributed by atoms with van der Waals surface area (Å²) in [6.07, 6.45) is 6.18. The van der Waals surface area contributed by atoms with Gasteiger partial charge >= 0.3 is 0 Å². The summed E-state index contributed by atoms with van der Waals surface area (Å²) in [7, 11) is 3.60. The van der Waals surface area contributed by atoms with E-state index in [-0.39, 0.29) is 0 Å². The molecule has 2 heterocycles. The molecule has 1 aliphatic rings. The second-order valence-corrected chi connectivity index (χ2v) is 6.59. The van der Waals surface area contributed by atoms with Crippen molar-refractivity contribution in [3.63, 3.8) is 0 Å². The third kappa shape index (κ3) is 3.11. The number of allylic oxidation sites excluding steroid dienone is 1. The number of hydrogen-bond acceptors (Lipinski definition) is 3. The molecule has 0 bridgehead atoms. The predicted octanol–water partition coefficient (Wildman–Crippen LogP) is 5.17. The Kier molecular flexibility index (Phi) is 3.76. The van der Waals surface area contributed by atoms with E-state index in [2.05, 4.69) is 48.3 Å². The van der Waals surface area contributed by atoms with Crippen molar-refractivity contribution >= 4 is 32.6 Å². The molecule has 0 aliphatic carbocycles. The minimum Gasteiger partial charge on any atom is -0.257 e. The van der Waals surface area contributed by atoms with Crippen LogP contribution in [0.1, 0.15) is 16.8 Å². The van der Waals surface area contributed by atoms with Crippen LogP contribution in [0.3, 0.4) is 0 Å². The van der Waals surface area contributed by atoms with Gasteiger partial charge in [0.15, 0.2) is 0 Å². The van der Waals surface area contributed by atoms with Crippen molar-refractivity contribution in [2.75, 3.05) is 0 Å². The smallest absolute Gasteiger partial charge is 0.0641 e. The van der Waals surface area contributed by atoms with Gasteiger partial charge in [0, 0.05) is 16.0 Å². The largest absolute Gasteiger partial charge is 0.257 e. The topological polar surface area (TPSA) is 12.9 Å². The lowest BCUT2D eigenvalue weighted by molar-refractivity contribution is 1.30. The van der Waals surface area contributed by atoms with Crippen LogP contribution in [-0.4, -0.2) is 4.98 Å². The standard InChI is InChI=1S/C16H13NS2/c1-12-5-7-13(8-6-12)16-11-15(18-19-16)10-14-4-2-3-9-17-14/h2-11H,1H3/b15-10-. The molecule has 1 nitrogen and oxygen atoms in total. The molecular formula is C16H13NS2. The monoisotopic (exact) mass is 283 g/mol. The zero-order valence-electron chi connectivity index (χ0n) is 10.5. The fourth-order valence-corrected chi connectivity index (χ4v) is 4.07. The molecule has 0 fully saturated rings. The molecule has 19 heavy (non-hydrogen) atoms. The van der Waals surface area contributed by atoms with Gasteiger partial charge in [0.05, 0.1) is 5.69 Å². The van der Waals surface area contributed by atoms with Gasteiger partial charge in [-0.1, -0.05) is 57.5 Å². The first-order valence-corrected chi connectivity index (χ1v) is 8.22. The Balaban J connectivity index is 1.85. The molecule has 1 aromatic carbocycles. The van der Waals surface area contributed by atoms with Crippen molar-refractivity contribution in [3.8, 4) is 0 Å². The third-order valence-corrected chi connectivity index (χ3v) is 5.23. The van der Waals surface area contributed by atoms with Crippen molar-refractivity contribution in [2.45, 2.75) is 6.92 Å². The summed E-state index contributed by atoms with van der Waals surface area (Å²) in [6.45, 7) is 2.11. The molecule has 0 unspecified atom stereocenters. The van der Waals surface area contributed by atoms with Gasteiger partial charge < -0.3 is 0 Å². The van der Waals surface area contributed by atoms with Crippen molar-refractivity contribution < 1.29 is 0 Å². The van der Waals surface area contributed by atoms with Crippen molar-refractivity contribution in [1.82, 2.24) is 4.98 Å². The molecule has 1 aliphatic heterocycles. The number of nitrogens with zero attached hydrogens (tertiary/aromatic N) is 1. The Morgan fingerprint density at radius 3 is 2.58 bits per heavy atom. The molecule has 0 spiro atoms. The Hall–Kier alpha value is -1.45. The minimum absolute atomic E-state index is 1.01. The van der Waals surface area contributed by atoms with E-state index in [4.69, 9.17) is 0 Å². The highest BCUT2D eigenvalue weighted by atomic mass is 33.1. The lowest BCUT2D eigenvalue weighted by Crippen LogP contribution is -1.78. The molecule has 1 aromatic heterocycles. The molecular weight excluding hydrogens is 270 g/mol. The average Bonchev–Trinajstić information content (AvgIpc) is 2.89. The summed E-state index contributed by atoms with van der Waals surface area (Å²) in [4.78, 5) is 6.88. The number of aryl methyl sites for hydroxylation is 1. The normalized spacial score (nSPS) is 16.7. The Morgan fingerprint density at radius 2 is 1.84 bits per heavy atom. The first kappa shape index (κ1) is 12.6. The first-order valence-electron chi connectivity index (χ1n) is 6.07. The van der Waals surface area contributed by atoms with Gasteiger partial charge in [0.2, 0.25) is 0 Å². The molecule has 0 saturated heterocycles. The summed E-state index contributed by atoms with van der Waals surface area (Å²) in [6, 6.07) is 14.6. The van der Waals surface area contributed by atoms with Crippen LogP contribution in [0.15, 0.2) is 59.6 Å². The molecule has 2 aromatic rings. The molecule has 3 rings (SSSR count). The summed E-state index contributed by atoms with van der Waals surface area (Å²) < 4.78 is 0. The second-order valence-electron chi connectivity index (χ2n) is 4.34. The van der Waals surface area contributed by atoms with Crippen molar-refractivity contribution in [3.05, 3.63) is 76.5 Å². The predicted molar refractivity (Wildman–Crippen MR) is 86.6 cm³/mol. The van der Waals surface area contributed by atoms with Crippen LogP contribution in [0.5, 0.6) is 0 Å². The van der Waals surface area contributed by atoms with E-state index in [1.165, 1.54) is 20.9 Å². The van der Waals surface area contributed by atoms with E-state index < -0.39 is 0 Å². The number of aromatic nitrogens is 1. The molecule has 0 atom stereocenters. The van der Waals surface area contributed by atoms with E-state index in [1.54, 1.807) is 10.8 Å². The van der Waals surface area contributed by atoms with E-state index in [1.807, 2.05) is 35.2 Å². The quantitative estimate of drug-likeness (QED) is 0.706. The van der Waals surface area contributed by atoms with Gasteiger partial charge in [0.1, 0.15) is 0 Å². The molecule has 0 amide bonds. The summed E-state index contributed by atoms with van der Waals surface area (Å²) >= 11 is 0. The maximum absolute atomic E-state index is 4.32. The summed E-state index contributed by atoms with van der Waals surface area (Å²) in [5.41, 5.74) is 3.59.